The van der Waals surface area contributed by atoms with Crippen LogP contribution in [0, 0.1) is 10.1 Å². The highest BCUT2D eigenvalue weighted by atomic mass is 35.5. The number of hydrogen-bond acceptors (Lipinski definition) is 7. The topological polar surface area (TPSA) is 125 Å². The number of nitro groups is 1. The van der Waals surface area contributed by atoms with E-state index in [0.717, 1.165) is 12.1 Å². The van der Waals surface area contributed by atoms with Gasteiger partial charge in [0.25, 0.3) is 11.6 Å². The van der Waals surface area contributed by atoms with Crippen molar-refractivity contribution in [1.82, 2.24) is 0 Å². The average molecular weight is 407 g/mol. The second-order valence-corrected chi connectivity index (χ2v) is 5.75. The molecule has 28 heavy (non-hydrogen) atoms. The monoisotopic (exact) mass is 406 g/mol. The van der Waals surface area contributed by atoms with Crippen LogP contribution < -0.4 is 5.32 Å². The Hall–Kier alpha value is -3.46. The summed E-state index contributed by atoms with van der Waals surface area (Å²) in [5.74, 6) is -2.41. The van der Waals surface area contributed by atoms with Crippen LogP contribution in [0.15, 0.2) is 42.5 Å². The minimum atomic E-state index is -1.06. The number of nitrogens with zero attached hydrogens (tertiary/aromatic N) is 1. The molecule has 0 saturated carbocycles. The van der Waals surface area contributed by atoms with Gasteiger partial charge in [-0.05, 0) is 31.2 Å². The van der Waals surface area contributed by atoms with Crippen molar-refractivity contribution >= 4 is 40.8 Å². The standard InChI is InChI=1S/C18H15ClN2O7/c1-2-27-17(23)12-5-3-4-6-14(12)20-16(22)10-28-18(24)13-8-7-11(19)9-15(13)21(25)26/h3-9H,2,10H2,1H3,(H,20,22). The van der Waals surface area contributed by atoms with Gasteiger partial charge in [0.15, 0.2) is 6.61 Å². The van der Waals surface area contributed by atoms with E-state index in [0.29, 0.717) is 0 Å². The highest BCUT2D eigenvalue weighted by molar-refractivity contribution is 6.31. The van der Waals surface area contributed by atoms with Crippen molar-refractivity contribution in [2.45, 2.75) is 6.92 Å². The molecule has 2 aromatic carbocycles. The van der Waals surface area contributed by atoms with E-state index >= 15 is 0 Å². The SMILES string of the molecule is CCOC(=O)c1ccccc1NC(=O)COC(=O)c1ccc(Cl)cc1[N+](=O)[O-]. The molecule has 2 rings (SSSR count). The fraction of sp³-hybridized carbons (Fsp3) is 0.167. The van der Waals surface area contributed by atoms with Crippen molar-refractivity contribution in [3.8, 4) is 0 Å². The van der Waals surface area contributed by atoms with Gasteiger partial charge in [-0.15, -0.1) is 0 Å². The quantitative estimate of drug-likeness (QED) is 0.425. The average Bonchev–Trinajstić information content (AvgIpc) is 2.66. The van der Waals surface area contributed by atoms with E-state index in [1.54, 1.807) is 19.1 Å². The van der Waals surface area contributed by atoms with Gasteiger partial charge in [0.1, 0.15) is 5.56 Å². The van der Waals surface area contributed by atoms with Crippen LogP contribution in [-0.4, -0.2) is 36.0 Å². The van der Waals surface area contributed by atoms with Gasteiger partial charge in [-0.25, -0.2) is 9.59 Å². The molecule has 0 fully saturated rings. The highest BCUT2D eigenvalue weighted by Crippen LogP contribution is 2.24. The Labute approximate surface area is 164 Å². The van der Waals surface area contributed by atoms with Crippen LogP contribution >= 0.6 is 11.6 Å². The number of anilines is 1. The summed E-state index contributed by atoms with van der Waals surface area (Å²) < 4.78 is 9.73. The molecule has 10 heteroatoms. The van der Waals surface area contributed by atoms with Gasteiger partial charge < -0.3 is 14.8 Å². The maximum absolute atomic E-state index is 12.1. The zero-order chi connectivity index (χ0) is 20.7. The number of benzene rings is 2. The van der Waals surface area contributed by atoms with Crippen LogP contribution in [0.3, 0.4) is 0 Å². The predicted octanol–water partition coefficient (Wildman–Crippen LogP) is 3.22. The Bertz CT molecular complexity index is 930. The van der Waals surface area contributed by atoms with Crippen LogP contribution in [0.25, 0.3) is 0 Å². The van der Waals surface area contributed by atoms with Gasteiger partial charge in [-0.3, -0.25) is 14.9 Å². The van der Waals surface area contributed by atoms with Gasteiger partial charge in [-0.1, -0.05) is 23.7 Å². The molecular weight excluding hydrogens is 392 g/mol. The third-order valence-corrected chi connectivity index (χ3v) is 3.64. The van der Waals surface area contributed by atoms with Crippen LogP contribution in [0.1, 0.15) is 27.6 Å². The summed E-state index contributed by atoms with van der Waals surface area (Å²) in [7, 11) is 0. The van der Waals surface area contributed by atoms with Crippen LogP contribution in [0.2, 0.25) is 5.02 Å². The van der Waals surface area contributed by atoms with E-state index in [2.05, 4.69) is 5.32 Å². The number of ether oxygens (including phenoxy) is 2. The molecule has 1 amide bonds. The van der Waals surface area contributed by atoms with Crippen molar-refractivity contribution in [2.24, 2.45) is 0 Å². The number of para-hydroxylation sites is 1. The van der Waals surface area contributed by atoms with E-state index in [-0.39, 0.29) is 28.4 Å². The summed E-state index contributed by atoms with van der Waals surface area (Å²) in [5.41, 5.74) is -0.559. The minimum Gasteiger partial charge on any atom is -0.462 e. The van der Waals surface area contributed by atoms with E-state index in [9.17, 15) is 24.5 Å². The fourth-order valence-electron chi connectivity index (χ4n) is 2.20. The first-order chi connectivity index (χ1) is 13.3. The lowest BCUT2D eigenvalue weighted by atomic mass is 10.2. The van der Waals surface area contributed by atoms with E-state index in [1.165, 1.54) is 18.2 Å². The van der Waals surface area contributed by atoms with Gasteiger partial charge >= 0.3 is 11.9 Å². The first kappa shape index (κ1) is 20.8. The van der Waals surface area contributed by atoms with Crippen molar-refractivity contribution in [3.05, 3.63) is 68.7 Å². The van der Waals surface area contributed by atoms with Crippen LogP contribution in [0.5, 0.6) is 0 Å². The summed E-state index contributed by atoms with van der Waals surface area (Å²) >= 11 is 5.69. The summed E-state index contributed by atoms with van der Waals surface area (Å²) in [4.78, 5) is 46.3. The molecule has 9 nitrogen and oxygen atoms in total. The number of halogens is 1. The van der Waals surface area contributed by atoms with Crippen LogP contribution in [0.4, 0.5) is 11.4 Å². The lowest BCUT2D eigenvalue weighted by Gasteiger charge is -2.10. The number of hydrogen-bond donors (Lipinski definition) is 1. The van der Waals surface area contributed by atoms with Crippen molar-refractivity contribution < 1.29 is 28.8 Å². The highest BCUT2D eigenvalue weighted by Gasteiger charge is 2.23. The number of esters is 2. The molecule has 0 spiro atoms. The second kappa shape index (κ2) is 9.47. The maximum atomic E-state index is 12.1. The van der Waals surface area contributed by atoms with Gasteiger partial charge in [0.05, 0.1) is 22.8 Å². The van der Waals surface area contributed by atoms with Crippen molar-refractivity contribution in [2.75, 3.05) is 18.5 Å². The molecule has 0 aliphatic carbocycles. The molecule has 0 atom stereocenters. The van der Waals surface area contributed by atoms with Crippen molar-refractivity contribution in [3.63, 3.8) is 0 Å². The van der Waals surface area contributed by atoms with Crippen LogP contribution in [-0.2, 0) is 14.3 Å². The summed E-state index contributed by atoms with van der Waals surface area (Å²) in [6, 6.07) is 9.58. The van der Waals surface area contributed by atoms with Gasteiger partial charge in [0, 0.05) is 11.1 Å². The number of rotatable bonds is 7. The van der Waals surface area contributed by atoms with Gasteiger partial charge in [-0.2, -0.15) is 0 Å². The molecule has 0 radical (unpaired) electrons. The molecule has 0 bridgehead atoms. The number of carbonyl (C=O) groups excluding carboxylic acids is 3. The number of nitro benzene ring substituents is 1. The van der Waals surface area contributed by atoms with Gasteiger partial charge in [0.2, 0.25) is 0 Å². The molecular formula is C18H15ClN2O7. The zero-order valence-corrected chi connectivity index (χ0v) is 15.4. The minimum absolute atomic E-state index is 0.0802. The summed E-state index contributed by atoms with van der Waals surface area (Å²) in [5, 5.41) is 13.5. The number of amides is 1. The Morgan fingerprint density at radius 2 is 1.75 bits per heavy atom. The molecule has 146 valence electrons. The third-order valence-electron chi connectivity index (χ3n) is 3.41. The largest absolute Gasteiger partial charge is 0.462 e. The Kier molecular flexibility index (Phi) is 7.05. The second-order valence-electron chi connectivity index (χ2n) is 5.31. The Morgan fingerprint density at radius 1 is 1.07 bits per heavy atom. The predicted molar refractivity (Wildman–Crippen MR) is 99.4 cm³/mol. The molecule has 0 aliphatic heterocycles. The molecule has 1 N–H and O–H groups in total. The molecule has 0 heterocycles. The fourth-order valence-corrected chi connectivity index (χ4v) is 2.37. The zero-order valence-electron chi connectivity index (χ0n) is 14.6. The van der Waals surface area contributed by atoms with E-state index in [1.807, 2.05) is 0 Å². The normalized spacial score (nSPS) is 10.1. The van der Waals surface area contributed by atoms with Crippen molar-refractivity contribution in [1.29, 1.82) is 0 Å². The van der Waals surface area contributed by atoms with E-state index < -0.39 is 35.1 Å². The first-order valence-corrected chi connectivity index (χ1v) is 8.38. The lowest BCUT2D eigenvalue weighted by molar-refractivity contribution is -0.385. The molecule has 0 aromatic heterocycles. The molecule has 0 saturated heterocycles. The lowest BCUT2D eigenvalue weighted by Crippen LogP contribution is -2.22. The summed E-state index contributed by atoms with van der Waals surface area (Å²) in [6.45, 7) is 1.10. The molecule has 2 aromatic rings. The summed E-state index contributed by atoms with van der Waals surface area (Å²) in [6.07, 6.45) is 0. The molecule has 0 aliphatic rings. The number of carbonyl (C=O) groups is 3. The molecule has 0 unspecified atom stereocenters. The smallest absolute Gasteiger partial charge is 0.345 e. The number of nitrogens with one attached hydrogen (secondary N) is 1. The Balaban J connectivity index is 2.05. The van der Waals surface area contributed by atoms with E-state index in [4.69, 9.17) is 21.1 Å². The maximum Gasteiger partial charge on any atom is 0.345 e. The Morgan fingerprint density at radius 3 is 2.43 bits per heavy atom. The first-order valence-electron chi connectivity index (χ1n) is 8.00. The third kappa shape index (κ3) is 5.27.